The fourth-order valence-electron chi connectivity index (χ4n) is 7.10. The van der Waals surface area contributed by atoms with E-state index in [4.69, 9.17) is 9.47 Å². The number of ether oxygens (including phenoxy) is 2. The summed E-state index contributed by atoms with van der Waals surface area (Å²) >= 11 is 0. The van der Waals surface area contributed by atoms with Crippen LogP contribution < -0.4 is 20.8 Å². The van der Waals surface area contributed by atoms with E-state index in [1.165, 1.54) is 7.11 Å². The maximum Gasteiger partial charge on any atom is 0.406 e. The van der Waals surface area contributed by atoms with Crippen molar-refractivity contribution in [1.29, 1.82) is 0 Å². The van der Waals surface area contributed by atoms with Gasteiger partial charge in [-0.2, -0.15) is 0 Å². The zero-order valence-corrected chi connectivity index (χ0v) is 34.7. The third-order valence-electron chi connectivity index (χ3n) is 10.4. The molecular formula is C43H61N7O7. The van der Waals surface area contributed by atoms with Gasteiger partial charge >= 0.3 is 12.1 Å². The largest absolute Gasteiger partial charge is 0.496 e. The molecule has 14 nitrogen and oxygen atoms in total. The van der Waals surface area contributed by atoms with Crippen LogP contribution in [0.5, 0.6) is 5.75 Å². The highest BCUT2D eigenvalue weighted by Gasteiger charge is 2.41. The fourth-order valence-corrected chi connectivity index (χ4v) is 7.10. The number of aliphatic hydroxyl groups excluding tert-OH is 1. The normalized spacial score (nSPS) is 15.2. The van der Waals surface area contributed by atoms with Crippen molar-refractivity contribution >= 4 is 23.9 Å². The molecule has 1 saturated heterocycles. The summed E-state index contributed by atoms with van der Waals surface area (Å²) in [5.74, 6) is -0.120. The standard InChI is InChI=1S/C43H61N7O7/c1-9-29(2)39(50-21-20-48(42(50)55)26-34-17-13-14-31(4)45-34)40(53)46-35(23-32-15-11-10-12-16-32)36(51)27-49(25-33-18-19-37(56-7)30(3)22-33)47-38(52)24-43(5,6)28-44-41(54)57-8/h10-19,22,29,35-36,39,51H,9,20-21,23-28H2,1-8H3,(H,44,54)(H,46,53)(H,47,52). The predicted molar refractivity (Wildman–Crippen MR) is 218 cm³/mol. The number of urea groups is 1. The van der Waals surface area contributed by atoms with Crippen LogP contribution >= 0.6 is 0 Å². The lowest BCUT2D eigenvalue weighted by atomic mass is 9.89. The van der Waals surface area contributed by atoms with Crippen LogP contribution in [0.3, 0.4) is 0 Å². The zero-order valence-electron chi connectivity index (χ0n) is 34.7. The van der Waals surface area contributed by atoms with Crippen LogP contribution in [0.1, 0.15) is 68.6 Å². The maximum atomic E-state index is 14.5. The van der Waals surface area contributed by atoms with E-state index >= 15 is 0 Å². The van der Waals surface area contributed by atoms with Crippen molar-refractivity contribution in [2.75, 3.05) is 40.4 Å². The highest BCUT2D eigenvalue weighted by Crippen LogP contribution is 2.24. The Morgan fingerprint density at radius 3 is 2.39 bits per heavy atom. The van der Waals surface area contributed by atoms with Crippen LogP contribution in [-0.4, -0.2) is 107 Å². The van der Waals surface area contributed by atoms with Gasteiger partial charge in [0, 0.05) is 44.8 Å². The van der Waals surface area contributed by atoms with Gasteiger partial charge in [0.1, 0.15) is 11.8 Å². The van der Waals surface area contributed by atoms with E-state index in [9.17, 15) is 24.3 Å². The molecule has 0 bridgehead atoms. The van der Waals surface area contributed by atoms with Crippen LogP contribution in [0.4, 0.5) is 9.59 Å². The molecule has 2 heterocycles. The number of hydrazine groups is 1. The Morgan fingerprint density at radius 1 is 1.00 bits per heavy atom. The molecular weight excluding hydrogens is 727 g/mol. The van der Waals surface area contributed by atoms with Gasteiger partial charge in [-0.25, -0.2) is 14.6 Å². The summed E-state index contributed by atoms with van der Waals surface area (Å²) in [5, 5.41) is 19.5. The van der Waals surface area contributed by atoms with E-state index in [0.717, 1.165) is 33.8 Å². The zero-order chi connectivity index (χ0) is 41.7. The number of nitrogens with zero attached hydrogens (tertiary/aromatic N) is 4. The Morgan fingerprint density at radius 2 is 1.74 bits per heavy atom. The minimum atomic E-state index is -1.15. The van der Waals surface area contributed by atoms with Crippen LogP contribution in [0.2, 0.25) is 0 Å². The summed E-state index contributed by atoms with van der Waals surface area (Å²) in [6.45, 7) is 13.1. The summed E-state index contributed by atoms with van der Waals surface area (Å²) in [7, 11) is 2.88. The summed E-state index contributed by atoms with van der Waals surface area (Å²) in [5.41, 5.74) is 6.69. The molecule has 4 atom stereocenters. The number of nitrogens with one attached hydrogen (secondary N) is 3. The van der Waals surface area contributed by atoms with Crippen molar-refractivity contribution in [2.45, 2.75) is 92.1 Å². The number of rotatable bonds is 20. The molecule has 4 rings (SSSR count). The summed E-state index contributed by atoms with van der Waals surface area (Å²) in [6, 6.07) is 19.2. The van der Waals surface area contributed by atoms with E-state index < -0.39 is 29.7 Å². The minimum absolute atomic E-state index is 0.0383. The first kappa shape index (κ1) is 44.5. The smallest absolute Gasteiger partial charge is 0.406 e. The van der Waals surface area contributed by atoms with Crippen LogP contribution in [0.25, 0.3) is 0 Å². The average Bonchev–Trinajstić information content (AvgIpc) is 3.51. The molecule has 0 saturated carbocycles. The molecule has 14 heteroatoms. The minimum Gasteiger partial charge on any atom is -0.496 e. The highest BCUT2D eigenvalue weighted by molar-refractivity contribution is 5.88. The number of alkyl carbamates (subject to hydrolysis) is 1. The van der Waals surface area contributed by atoms with E-state index in [1.807, 2.05) is 108 Å². The lowest BCUT2D eigenvalue weighted by Gasteiger charge is -2.35. The van der Waals surface area contributed by atoms with E-state index in [-0.39, 0.29) is 49.8 Å². The Hall–Kier alpha value is -5.21. The second kappa shape index (κ2) is 20.8. The van der Waals surface area contributed by atoms with Crippen LogP contribution in [0, 0.1) is 25.2 Å². The van der Waals surface area contributed by atoms with Crippen molar-refractivity contribution in [2.24, 2.45) is 11.3 Å². The average molecular weight is 788 g/mol. The molecule has 3 aromatic rings. The molecule has 4 unspecified atom stereocenters. The van der Waals surface area contributed by atoms with Gasteiger partial charge in [0.15, 0.2) is 0 Å². The molecule has 310 valence electrons. The number of aryl methyl sites for hydroxylation is 2. The second-order valence-corrected chi connectivity index (χ2v) is 15.8. The first-order chi connectivity index (χ1) is 27.1. The fraction of sp³-hybridized carbons (Fsp3) is 0.512. The molecule has 57 heavy (non-hydrogen) atoms. The van der Waals surface area contributed by atoms with Gasteiger partial charge in [-0.05, 0) is 66.5 Å². The number of benzene rings is 2. The number of carbonyl (C=O) groups is 4. The SMILES string of the molecule is CCC(C)C(C(=O)NC(Cc1ccccc1)C(O)CN(Cc1ccc(OC)c(C)c1)NC(=O)CC(C)(C)CNC(=O)OC)N1CCN(Cc2cccc(C)n2)C1=O. The third kappa shape index (κ3) is 13.2. The summed E-state index contributed by atoms with van der Waals surface area (Å²) in [4.78, 5) is 61.6. The number of amides is 5. The first-order valence-electron chi connectivity index (χ1n) is 19.6. The van der Waals surface area contributed by atoms with E-state index in [1.54, 1.807) is 21.9 Å². The van der Waals surface area contributed by atoms with Crippen molar-refractivity contribution < 1.29 is 33.8 Å². The monoisotopic (exact) mass is 787 g/mol. The number of hydrogen-bond donors (Lipinski definition) is 4. The van der Waals surface area contributed by atoms with Crippen molar-refractivity contribution in [1.82, 2.24) is 35.9 Å². The predicted octanol–water partition coefficient (Wildman–Crippen LogP) is 4.75. The quantitative estimate of drug-likeness (QED) is 0.118. The van der Waals surface area contributed by atoms with Gasteiger partial charge in [-0.3, -0.25) is 20.0 Å². The number of methoxy groups -OCH3 is 2. The molecule has 1 fully saturated rings. The summed E-state index contributed by atoms with van der Waals surface area (Å²) in [6.07, 6.45) is -0.725. The number of pyridine rings is 1. The Balaban J connectivity index is 1.58. The molecule has 2 aromatic carbocycles. The van der Waals surface area contributed by atoms with Gasteiger partial charge in [0.2, 0.25) is 11.8 Å². The van der Waals surface area contributed by atoms with Gasteiger partial charge in [-0.1, -0.05) is 82.6 Å². The molecule has 0 radical (unpaired) electrons. The highest BCUT2D eigenvalue weighted by atomic mass is 16.5. The van der Waals surface area contributed by atoms with Gasteiger partial charge in [-0.15, -0.1) is 0 Å². The lowest BCUT2D eigenvalue weighted by molar-refractivity contribution is -0.131. The lowest BCUT2D eigenvalue weighted by Crippen LogP contribution is -2.58. The van der Waals surface area contributed by atoms with Crippen molar-refractivity contribution in [3.8, 4) is 5.75 Å². The third-order valence-corrected chi connectivity index (χ3v) is 10.4. The second-order valence-electron chi connectivity index (χ2n) is 15.8. The van der Waals surface area contributed by atoms with Gasteiger partial charge < -0.3 is 35.0 Å². The van der Waals surface area contributed by atoms with Crippen LogP contribution in [-0.2, 0) is 33.8 Å². The van der Waals surface area contributed by atoms with Gasteiger partial charge in [0.25, 0.3) is 0 Å². The number of carbonyl (C=O) groups excluding carboxylic acids is 4. The molecule has 1 aliphatic heterocycles. The number of aromatic nitrogens is 1. The number of aliphatic hydroxyl groups is 1. The molecule has 1 aliphatic rings. The van der Waals surface area contributed by atoms with Gasteiger partial charge in [0.05, 0.1) is 38.6 Å². The van der Waals surface area contributed by atoms with E-state index in [2.05, 4.69) is 21.0 Å². The molecule has 4 N–H and O–H groups in total. The van der Waals surface area contributed by atoms with Crippen LogP contribution in [0.15, 0.2) is 66.7 Å². The Kier molecular flexibility index (Phi) is 16.2. The molecule has 0 spiro atoms. The first-order valence-corrected chi connectivity index (χ1v) is 19.6. The van der Waals surface area contributed by atoms with E-state index in [0.29, 0.717) is 32.5 Å². The Bertz CT molecular complexity index is 1810. The maximum absolute atomic E-state index is 14.5. The van der Waals surface area contributed by atoms with Crippen molar-refractivity contribution in [3.05, 3.63) is 94.8 Å². The van der Waals surface area contributed by atoms with Crippen molar-refractivity contribution in [3.63, 3.8) is 0 Å². The topological polar surface area (TPSA) is 166 Å². The molecule has 1 aromatic heterocycles. The molecule has 0 aliphatic carbocycles. The molecule has 5 amide bonds. The summed E-state index contributed by atoms with van der Waals surface area (Å²) < 4.78 is 10.1. The number of hydrogen-bond acceptors (Lipinski definition) is 9. The Labute approximate surface area is 337 Å².